The molecular formula is C25H26F2N4O3. The zero-order valence-electron chi connectivity index (χ0n) is 18.8. The molecule has 178 valence electrons. The molecule has 0 spiro atoms. The summed E-state index contributed by atoms with van der Waals surface area (Å²) in [5.74, 6) is -0.478. The average molecular weight is 469 g/mol. The van der Waals surface area contributed by atoms with E-state index in [4.69, 9.17) is 4.74 Å². The molecule has 1 aliphatic rings. The Morgan fingerprint density at radius 3 is 2.68 bits per heavy atom. The van der Waals surface area contributed by atoms with E-state index in [0.717, 1.165) is 11.1 Å². The Hall–Kier alpha value is -3.75. The molecule has 4 rings (SSSR count). The maximum absolute atomic E-state index is 14.4. The van der Waals surface area contributed by atoms with Crippen molar-refractivity contribution >= 4 is 11.8 Å². The Kier molecular flexibility index (Phi) is 6.90. The van der Waals surface area contributed by atoms with Gasteiger partial charge in [-0.25, -0.2) is 8.78 Å². The highest BCUT2D eigenvalue weighted by Gasteiger charge is 2.38. The van der Waals surface area contributed by atoms with Crippen LogP contribution in [0.4, 0.5) is 8.78 Å². The fourth-order valence-electron chi connectivity index (χ4n) is 4.31. The summed E-state index contributed by atoms with van der Waals surface area (Å²) in [5, 5.41) is 12.8. The number of hydrogen-bond acceptors (Lipinski definition) is 4. The van der Waals surface area contributed by atoms with Crippen LogP contribution in [0.15, 0.2) is 48.7 Å². The van der Waals surface area contributed by atoms with Gasteiger partial charge in [-0.05, 0) is 67.3 Å². The highest BCUT2D eigenvalue weighted by molar-refractivity contribution is 5.80. The summed E-state index contributed by atoms with van der Waals surface area (Å²) in [6.07, 6.45) is 3.28. The van der Waals surface area contributed by atoms with Crippen LogP contribution in [0.3, 0.4) is 0 Å². The zero-order chi connectivity index (χ0) is 24.1. The number of nitrogens with one attached hydrogen (secondary N) is 3. The standard InChI is InChI=1S/C25H26F2N4O3/c1-34-20-6-7-21(27)17(12-20)13-25(11-9-23(33)30-25)10-8-22(32)28-14-18-15-29-31-24(18)16-2-4-19(26)5-3-16/h2-7,12,15H,8-11,13-14H2,1H3,(H,28,32)(H,29,31)(H,30,33). The molecule has 3 N–H and O–H groups in total. The Morgan fingerprint density at radius 1 is 1.18 bits per heavy atom. The van der Waals surface area contributed by atoms with E-state index in [0.29, 0.717) is 36.3 Å². The summed E-state index contributed by atoms with van der Waals surface area (Å²) >= 11 is 0. The van der Waals surface area contributed by atoms with E-state index in [1.165, 1.54) is 25.3 Å². The van der Waals surface area contributed by atoms with Crippen LogP contribution in [0, 0.1) is 11.6 Å². The Balaban J connectivity index is 1.39. The van der Waals surface area contributed by atoms with Crippen LogP contribution < -0.4 is 15.4 Å². The lowest BCUT2D eigenvalue weighted by Gasteiger charge is -2.29. The zero-order valence-corrected chi connectivity index (χ0v) is 18.8. The molecule has 7 nitrogen and oxygen atoms in total. The lowest BCUT2D eigenvalue weighted by Crippen LogP contribution is -2.44. The molecule has 1 aromatic heterocycles. The van der Waals surface area contributed by atoms with Crippen LogP contribution >= 0.6 is 0 Å². The molecule has 0 saturated carbocycles. The molecule has 1 unspecified atom stereocenters. The van der Waals surface area contributed by atoms with Gasteiger partial charge >= 0.3 is 0 Å². The van der Waals surface area contributed by atoms with Crippen molar-refractivity contribution in [1.29, 1.82) is 0 Å². The van der Waals surface area contributed by atoms with Crippen molar-refractivity contribution < 1.29 is 23.1 Å². The van der Waals surface area contributed by atoms with Gasteiger partial charge in [-0.3, -0.25) is 14.7 Å². The lowest BCUT2D eigenvalue weighted by atomic mass is 9.84. The van der Waals surface area contributed by atoms with Gasteiger partial charge < -0.3 is 15.4 Å². The summed E-state index contributed by atoms with van der Waals surface area (Å²) in [6, 6.07) is 10.5. The van der Waals surface area contributed by atoms with E-state index in [9.17, 15) is 18.4 Å². The van der Waals surface area contributed by atoms with Crippen LogP contribution in [0.25, 0.3) is 11.3 Å². The number of aromatic amines is 1. The molecule has 2 aromatic carbocycles. The third-order valence-electron chi connectivity index (χ3n) is 6.17. The first-order valence-electron chi connectivity index (χ1n) is 11.1. The molecular weight excluding hydrogens is 442 g/mol. The molecule has 1 saturated heterocycles. The predicted octanol–water partition coefficient (Wildman–Crippen LogP) is 3.65. The van der Waals surface area contributed by atoms with E-state index in [1.807, 2.05) is 0 Å². The third-order valence-corrected chi connectivity index (χ3v) is 6.17. The minimum Gasteiger partial charge on any atom is -0.497 e. The molecule has 2 heterocycles. The van der Waals surface area contributed by atoms with E-state index in [1.54, 1.807) is 30.5 Å². The first kappa shape index (κ1) is 23.4. The topological polar surface area (TPSA) is 96.1 Å². The van der Waals surface area contributed by atoms with E-state index in [2.05, 4.69) is 20.8 Å². The van der Waals surface area contributed by atoms with Gasteiger partial charge in [0.05, 0.1) is 19.0 Å². The fraction of sp³-hybridized carbons (Fsp3) is 0.320. The van der Waals surface area contributed by atoms with E-state index >= 15 is 0 Å². The van der Waals surface area contributed by atoms with Crippen molar-refractivity contribution in [3.05, 3.63) is 71.4 Å². The molecule has 0 bridgehead atoms. The second kappa shape index (κ2) is 10.0. The van der Waals surface area contributed by atoms with Gasteiger partial charge in [-0.1, -0.05) is 0 Å². The molecule has 2 amide bonds. The van der Waals surface area contributed by atoms with Gasteiger partial charge in [-0.2, -0.15) is 5.10 Å². The highest BCUT2D eigenvalue weighted by Crippen LogP contribution is 2.31. The number of ether oxygens (including phenoxy) is 1. The van der Waals surface area contributed by atoms with Gasteiger partial charge in [0.25, 0.3) is 0 Å². The molecule has 9 heteroatoms. The number of aromatic nitrogens is 2. The number of halogens is 2. The molecule has 34 heavy (non-hydrogen) atoms. The molecule has 1 fully saturated rings. The van der Waals surface area contributed by atoms with Gasteiger partial charge in [0, 0.05) is 36.1 Å². The number of H-pyrrole nitrogens is 1. The number of amides is 2. The second-order valence-electron chi connectivity index (χ2n) is 8.52. The minimum atomic E-state index is -0.698. The summed E-state index contributed by atoms with van der Waals surface area (Å²) in [4.78, 5) is 24.6. The van der Waals surface area contributed by atoms with Crippen molar-refractivity contribution in [2.24, 2.45) is 0 Å². The van der Waals surface area contributed by atoms with Crippen molar-refractivity contribution in [3.63, 3.8) is 0 Å². The van der Waals surface area contributed by atoms with E-state index < -0.39 is 5.54 Å². The molecule has 3 aromatic rings. The largest absolute Gasteiger partial charge is 0.497 e. The number of benzene rings is 2. The van der Waals surface area contributed by atoms with Gasteiger partial charge in [0.1, 0.15) is 17.4 Å². The maximum Gasteiger partial charge on any atom is 0.220 e. The SMILES string of the molecule is COc1ccc(F)c(CC2(CCC(=O)NCc3cn[nH]c3-c3ccc(F)cc3)CCC(=O)N2)c1. The molecule has 1 atom stereocenters. The Morgan fingerprint density at radius 2 is 1.97 bits per heavy atom. The van der Waals surface area contributed by atoms with Crippen LogP contribution in [0.5, 0.6) is 5.75 Å². The first-order valence-corrected chi connectivity index (χ1v) is 11.1. The third kappa shape index (κ3) is 5.41. The number of methoxy groups -OCH3 is 1. The number of nitrogens with zero attached hydrogens (tertiary/aromatic N) is 1. The van der Waals surface area contributed by atoms with Gasteiger partial charge in [-0.15, -0.1) is 0 Å². The van der Waals surface area contributed by atoms with Crippen LogP contribution in [-0.2, 0) is 22.6 Å². The monoisotopic (exact) mass is 468 g/mol. The summed E-state index contributed by atoms with van der Waals surface area (Å²) < 4.78 is 32.8. The smallest absolute Gasteiger partial charge is 0.220 e. The summed E-state index contributed by atoms with van der Waals surface area (Å²) in [7, 11) is 1.51. The Labute approximate surface area is 195 Å². The summed E-state index contributed by atoms with van der Waals surface area (Å²) in [5.41, 5.74) is 1.97. The number of rotatable bonds is 9. The normalized spacial score (nSPS) is 17.4. The van der Waals surface area contributed by atoms with Gasteiger partial charge in [0.15, 0.2) is 0 Å². The van der Waals surface area contributed by atoms with Crippen molar-refractivity contribution in [3.8, 4) is 17.0 Å². The molecule has 0 aliphatic carbocycles. The van der Waals surface area contributed by atoms with Crippen molar-refractivity contribution in [2.75, 3.05) is 7.11 Å². The van der Waals surface area contributed by atoms with Gasteiger partial charge in [0.2, 0.25) is 11.8 Å². The molecule has 0 radical (unpaired) electrons. The van der Waals surface area contributed by atoms with Crippen LogP contribution in [0.1, 0.15) is 36.8 Å². The number of hydrogen-bond donors (Lipinski definition) is 3. The highest BCUT2D eigenvalue weighted by atomic mass is 19.1. The average Bonchev–Trinajstić information content (AvgIpc) is 3.45. The van der Waals surface area contributed by atoms with Crippen molar-refractivity contribution in [2.45, 2.75) is 44.2 Å². The Bertz CT molecular complexity index is 1180. The quantitative estimate of drug-likeness (QED) is 0.447. The molecule has 1 aliphatic heterocycles. The first-order chi connectivity index (χ1) is 16.4. The number of carbonyl (C=O) groups excluding carboxylic acids is 2. The fourth-order valence-corrected chi connectivity index (χ4v) is 4.31. The number of carbonyl (C=O) groups is 2. The van der Waals surface area contributed by atoms with Crippen molar-refractivity contribution in [1.82, 2.24) is 20.8 Å². The summed E-state index contributed by atoms with van der Waals surface area (Å²) in [6.45, 7) is 0.242. The van der Waals surface area contributed by atoms with E-state index in [-0.39, 0.29) is 42.8 Å². The second-order valence-corrected chi connectivity index (χ2v) is 8.52. The lowest BCUT2D eigenvalue weighted by molar-refractivity contribution is -0.122. The van der Waals surface area contributed by atoms with Crippen LogP contribution in [-0.4, -0.2) is 34.7 Å². The maximum atomic E-state index is 14.4. The van der Waals surface area contributed by atoms with Crippen LogP contribution in [0.2, 0.25) is 0 Å². The predicted molar refractivity (Wildman–Crippen MR) is 122 cm³/mol. The minimum absolute atomic E-state index is 0.106.